The Balaban J connectivity index is 4.01. The smallest absolute Gasteiger partial charge is 0.457 e. The first-order chi connectivity index (χ1) is 26.9. The minimum Gasteiger partial charge on any atom is -0.457 e. The Morgan fingerprint density at radius 3 is 1.45 bits per heavy atom. The van der Waals surface area contributed by atoms with Gasteiger partial charge in [0.25, 0.3) is 0 Å². The lowest BCUT2D eigenvalue weighted by molar-refractivity contribution is -0.154. The van der Waals surface area contributed by atoms with Crippen LogP contribution in [-0.2, 0) is 27.9 Å². The molecule has 0 aromatic heterocycles. The lowest BCUT2D eigenvalue weighted by Gasteiger charge is -2.20. The molecule has 0 saturated heterocycles. The molecule has 0 rings (SSSR count). The van der Waals surface area contributed by atoms with Crippen molar-refractivity contribution in [3.05, 3.63) is 36.5 Å². The maximum atomic E-state index is 12.6. The number of phosphoric ester groups is 1. The Morgan fingerprint density at radius 1 is 0.545 bits per heavy atom. The number of hydrogen-bond acceptors (Lipinski definition) is 7. The van der Waals surface area contributed by atoms with Gasteiger partial charge in [0.1, 0.15) is 6.10 Å². The summed E-state index contributed by atoms with van der Waals surface area (Å²) in [6, 6.07) is 0. The van der Waals surface area contributed by atoms with Crippen LogP contribution < -0.4 is 5.73 Å². The molecule has 0 saturated carbocycles. The molecule has 324 valence electrons. The number of hydrogen-bond donors (Lipinski definition) is 2. The fraction of sp³-hybridized carbons (Fsp3) is 0.848. The van der Waals surface area contributed by atoms with Crippen molar-refractivity contribution in [3.8, 4) is 0 Å². The number of phosphoric acid groups is 1. The van der Waals surface area contributed by atoms with E-state index in [2.05, 4.69) is 50.3 Å². The molecule has 2 atom stereocenters. The third-order valence-corrected chi connectivity index (χ3v) is 10.8. The number of rotatable bonds is 44. The number of nitrogens with two attached hydrogens (primary N) is 1. The molecule has 0 aromatic carbocycles. The maximum absolute atomic E-state index is 12.6. The Labute approximate surface area is 339 Å². The van der Waals surface area contributed by atoms with E-state index in [0.717, 1.165) is 44.9 Å². The first-order valence-corrected chi connectivity index (χ1v) is 24.5. The number of esters is 1. The summed E-state index contributed by atoms with van der Waals surface area (Å²) in [5.74, 6) is -0.335. The van der Waals surface area contributed by atoms with Crippen molar-refractivity contribution < 1.29 is 32.8 Å². The van der Waals surface area contributed by atoms with Gasteiger partial charge in [-0.15, -0.1) is 0 Å². The molecular formula is C46H88NO7P. The van der Waals surface area contributed by atoms with Crippen molar-refractivity contribution in [1.82, 2.24) is 0 Å². The number of carbonyl (C=O) groups excluding carboxylic acids is 1. The van der Waals surface area contributed by atoms with Crippen LogP contribution in [0.4, 0.5) is 0 Å². The van der Waals surface area contributed by atoms with Crippen molar-refractivity contribution in [2.45, 2.75) is 219 Å². The van der Waals surface area contributed by atoms with E-state index in [1.165, 1.54) is 148 Å². The van der Waals surface area contributed by atoms with Crippen LogP contribution in [0, 0.1) is 0 Å². The summed E-state index contributed by atoms with van der Waals surface area (Å²) in [7, 11) is -4.28. The molecule has 0 spiro atoms. The molecule has 0 radical (unpaired) electrons. The van der Waals surface area contributed by atoms with E-state index in [1.807, 2.05) is 0 Å². The molecule has 0 fully saturated rings. The summed E-state index contributed by atoms with van der Waals surface area (Å²) in [5.41, 5.74) is 5.37. The molecule has 3 N–H and O–H groups in total. The van der Waals surface area contributed by atoms with Crippen LogP contribution in [0.2, 0.25) is 0 Å². The van der Waals surface area contributed by atoms with E-state index in [4.69, 9.17) is 24.3 Å². The molecule has 55 heavy (non-hydrogen) atoms. The number of unbranched alkanes of at least 4 members (excludes halogenated alkanes) is 25. The van der Waals surface area contributed by atoms with E-state index in [1.54, 1.807) is 0 Å². The van der Waals surface area contributed by atoms with E-state index in [-0.39, 0.29) is 32.3 Å². The Hall–Kier alpha value is -1.28. The minimum absolute atomic E-state index is 0.0979. The second kappa shape index (κ2) is 43.8. The molecular weight excluding hydrogens is 709 g/mol. The summed E-state index contributed by atoms with van der Waals surface area (Å²) < 4.78 is 33.5. The highest BCUT2D eigenvalue weighted by Gasteiger charge is 2.25. The normalized spacial score (nSPS) is 13.7. The Bertz CT molecular complexity index is 941. The summed E-state index contributed by atoms with van der Waals surface area (Å²) in [6.45, 7) is 4.90. The molecule has 0 aliphatic carbocycles. The first-order valence-electron chi connectivity index (χ1n) is 23.0. The molecule has 0 heterocycles. The molecule has 2 unspecified atom stereocenters. The average Bonchev–Trinajstić information content (AvgIpc) is 3.17. The van der Waals surface area contributed by atoms with Crippen molar-refractivity contribution >= 4 is 13.8 Å². The highest BCUT2D eigenvalue weighted by Crippen LogP contribution is 2.43. The van der Waals surface area contributed by atoms with Crippen LogP contribution in [0.3, 0.4) is 0 Å². The monoisotopic (exact) mass is 798 g/mol. The van der Waals surface area contributed by atoms with Gasteiger partial charge in [-0.25, -0.2) is 4.57 Å². The summed E-state index contributed by atoms with van der Waals surface area (Å²) in [5, 5.41) is 0. The standard InChI is InChI=1S/C46H88NO7P/c1-3-5-7-9-11-13-15-17-19-21-22-23-25-27-29-31-33-35-37-39-46(48)54-45(44-53-55(49,50)52-42-40-47)43-51-41-38-36-34-32-30-28-26-24-20-18-16-14-12-10-8-6-4-2/h14,16-17,19-20,24,45H,3-13,15,18,21-23,25-44,47H2,1-2H3,(H,49,50)/b16-14-,19-17-,24-20-. The van der Waals surface area contributed by atoms with Crippen LogP contribution >= 0.6 is 7.82 Å². The highest BCUT2D eigenvalue weighted by atomic mass is 31.2. The summed E-state index contributed by atoms with van der Waals surface area (Å²) in [6.07, 6.45) is 50.2. The number of ether oxygens (including phenoxy) is 2. The van der Waals surface area contributed by atoms with Gasteiger partial charge >= 0.3 is 13.8 Å². The van der Waals surface area contributed by atoms with Gasteiger partial charge in [-0.05, 0) is 70.6 Å². The SMILES string of the molecule is CCCCCC/C=C\C/C=C\CCCCCCCCOCC(COP(=O)(O)OCCN)OC(=O)CCCCCCCCCCC/C=C\CCCCCCCC. The van der Waals surface area contributed by atoms with Gasteiger partial charge in [-0.1, -0.05) is 172 Å². The zero-order valence-corrected chi connectivity index (χ0v) is 36.8. The lowest BCUT2D eigenvalue weighted by Crippen LogP contribution is -2.28. The molecule has 0 aliphatic heterocycles. The first kappa shape index (κ1) is 53.7. The highest BCUT2D eigenvalue weighted by molar-refractivity contribution is 7.47. The topological polar surface area (TPSA) is 117 Å². The second-order valence-electron chi connectivity index (χ2n) is 15.3. The van der Waals surface area contributed by atoms with Crippen LogP contribution in [0.25, 0.3) is 0 Å². The average molecular weight is 798 g/mol. The van der Waals surface area contributed by atoms with Gasteiger partial charge in [0.15, 0.2) is 0 Å². The van der Waals surface area contributed by atoms with E-state index < -0.39 is 13.9 Å². The zero-order valence-electron chi connectivity index (χ0n) is 35.9. The maximum Gasteiger partial charge on any atom is 0.472 e. The van der Waals surface area contributed by atoms with Crippen molar-refractivity contribution in [1.29, 1.82) is 0 Å². The summed E-state index contributed by atoms with van der Waals surface area (Å²) >= 11 is 0. The number of allylic oxidation sites excluding steroid dienone is 6. The largest absolute Gasteiger partial charge is 0.472 e. The van der Waals surface area contributed by atoms with Gasteiger partial charge in [-0.2, -0.15) is 0 Å². The third-order valence-electron chi connectivity index (χ3n) is 9.78. The van der Waals surface area contributed by atoms with Gasteiger partial charge < -0.3 is 20.1 Å². The van der Waals surface area contributed by atoms with E-state index in [0.29, 0.717) is 13.0 Å². The minimum atomic E-state index is -4.28. The van der Waals surface area contributed by atoms with Gasteiger partial charge in [0.2, 0.25) is 0 Å². The predicted octanol–water partition coefficient (Wildman–Crippen LogP) is 13.8. The van der Waals surface area contributed by atoms with Crippen molar-refractivity contribution in [2.75, 3.05) is 33.0 Å². The molecule has 9 heteroatoms. The fourth-order valence-electron chi connectivity index (χ4n) is 6.37. The van der Waals surface area contributed by atoms with E-state index >= 15 is 0 Å². The molecule has 0 amide bonds. The van der Waals surface area contributed by atoms with Crippen molar-refractivity contribution in [3.63, 3.8) is 0 Å². The Kier molecular flexibility index (Phi) is 42.8. The van der Waals surface area contributed by atoms with Crippen LogP contribution in [0.15, 0.2) is 36.5 Å². The third kappa shape index (κ3) is 43.7. The molecule has 0 bridgehead atoms. The van der Waals surface area contributed by atoms with Crippen LogP contribution in [0.5, 0.6) is 0 Å². The van der Waals surface area contributed by atoms with Crippen LogP contribution in [-0.4, -0.2) is 49.9 Å². The molecule has 8 nitrogen and oxygen atoms in total. The lowest BCUT2D eigenvalue weighted by atomic mass is 10.1. The molecule has 0 aliphatic rings. The van der Waals surface area contributed by atoms with Gasteiger partial charge in [0, 0.05) is 19.6 Å². The van der Waals surface area contributed by atoms with E-state index in [9.17, 15) is 14.3 Å². The summed E-state index contributed by atoms with van der Waals surface area (Å²) in [4.78, 5) is 22.5. The quantitative estimate of drug-likeness (QED) is 0.0271. The van der Waals surface area contributed by atoms with Crippen LogP contribution in [0.1, 0.15) is 213 Å². The van der Waals surface area contributed by atoms with Gasteiger partial charge in [-0.3, -0.25) is 13.8 Å². The molecule has 0 aromatic rings. The predicted molar refractivity (Wildman–Crippen MR) is 233 cm³/mol. The number of carbonyl (C=O) groups is 1. The zero-order chi connectivity index (χ0) is 40.2. The van der Waals surface area contributed by atoms with Crippen molar-refractivity contribution in [2.24, 2.45) is 5.73 Å². The second-order valence-corrected chi connectivity index (χ2v) is 16.7. The Morgan fingerprint density at radius 2 is 0.964 bits per heavy atom. The van der Waals surface area contributed by atoms with Gasteiger partial charge in [0.05, 0.1) is 19.8 Å². The fourth-order valence-corrected chi connectivity index (χ4v) is 7.14.